The van der Waals surface area contributed by atoms with Gasteiger partial charge in [-0.05, 0) is 25.2 Å². The third-order valence-corrected chi connectivity index (χ3v) is 3.92. The molecule has 0 radical (unpaired) electrons. The molecule has 1 heteroatoms. The van der Waals surface area contributed by atoms with Gasteiger partial charge in [0.2, 0.25) is 0 Å². The monoisotopic (exact) mass is 209 g/mol. The van der Waals surface area contributed by atoms with Crippen LogP contribution in [0.4, 0.5) is 0 Å². The Kier molecular flexibility index (Phi) is 5.38. The van der Waals surface area contributed by atoms with Crippen molar-refractivity contribution in [2.45, 2.75) is 47.0 Å². The highest BCUT2D eigenvalue weighted by Gasteiger charge is 2.21. The van der Waals surface area contributed by atoms with Crippen molar-refractivity contribution in [2.24, 2.45) is 11.8 Å². The van der Waals surface area contributed by atoms with Crippen LogP contribution in [0.3, 0.4) is 0 Å². The Bertz CT molecular complexity index is 203. The fraction of sp³-hybridized carbons (Fsp3) is 0.857. The fourth-order valence-corrected chi connectivity index (χ4v) is 2.64. The van der Waals surface area contributed by atoms with Gasteiger partial charge in [0.1, 0.15) is 0 Å². The number of allylic oxidation sites excluding steroid dienone is 1. The van der Waals surface area contributed by atoms with Crippen molar-refractivity contribution >= 4 is 0 Å². The first-order valence-corrected chi connectivity index (χ1v) is 6.58. The average molecular weight is 209 g/mol. The molecule has 88 valence electrons. The van der Waals surface area contributed by atoms with Gasteiger partial charge in [0.15, 0.2) is 0 Å². The number of piperidine rings is 1. The molecule has 0 spiro atoms. The van der Waals surface area contributed by atoms with E-state index < -0.39 is 0 Å². The molecule has 1 fully saturated rings. The quantitative estimate of drug-likeness (QED) is 0.638. The molecule has 1 nitrogen and oxygen atoms in total. The molecule has 0 aromatic heterocycles. The van der Waals surface area contributed by atoms with E-state index in [2.05, 4.69) is 38.7 Å². The van der Waals surface area contributed by atoms with Crippen LogP contribution in [0.2, 0.25) is 0 Å². The van der Waals surface area contributed by atoms with Crippen molar-refractivity contribution in [2.75, 3.05) is 19.6 Å². The lowest BCUT2D eigenvalue weighted by Gasteiger charge is -2.35. The molecule has 0 bridgehead atoms. The summed E-state index contributed by atoms with van der Waals surface area (Å²) in [6.07, 6.45) is 6.27. The number of hydrogen-bond acceptors (Lipinski definition) is 1. The second kappa shape index (κ2) is 6.32. The lowest BCUT2D eigenvalue weighted by molar-refractivity contribution is 0.184. The normalized spacial score (nSPS) is 26.5. The van der Waals surface area contributed by atoms with Gasteiger partial charge in [-0.15, -0.1) is 0 Å². The second-order valence-electron chi connectivity index (χ2n) is 4.96. The van der Waals surface area contributed by atoms with E-state index in [0.29, 0.717) is 0 Å². The first kappa shape index (κ1) is 12.8. The van der Waals surface area contributed by atoms with Crippen molar-refractivity contribution in [1.29, 1.82) is 0 Å². The fourth-order valence-electron chi connectivity index (χ4n) is 2.64. The molecule has 1 atom stereocenters. The van der Waals surface area contributed by atoms with Gasteiger partial charge in [-0.3, -0.25) is 0 Å². The first-order valence-electron chi connectivity index (χ1n) is 6.58. The summed E-state index contributed by atoms with van der Waals surface area (Å²) >= 11 is 0. The summed E-state index contributed by atoms with van der Waals surface area (Å²) < 4.78 is 0. The zero-order valence-corrected chi connectivity index (χ0v) is 10.9. The second-order valence-corrected chi connectivity index (χ2v) is 4.96. The molecular formula is C14H27N. The van der Waals surface area contributed by atoms with Gasteiger partial charge in [-0.25, -0.2) is 0 Å². The molecule has 0 aliphatic carbocycles. The van der Waals surface area contributed by atoms with Crippen LogP contribution in [0.1, 0.15) is 47.0 Å². The van der Waals surface area contributed by atoms with E-state index in [4.69, 9.17) is 0 Å². The number of rotatable bonds is 4. The van der Waals surface area contributed by atoms with Crippen LogP contribution in [-0.4, -0.2) is 24.5 Å². The molecule has 15 heavy (non-hydrogen) atoms. The van der Waals surface area contributed by atoms with Crippen LogP contribution in [-0.2, 0) is 0 Å². The van der Waals surface area contributed by atoms with Crippen LogP contribution in [0.25, 0.3) is 0 Å². The Morgan fingerprint density at radius 3 is 2.53 bits per heavy atom. The minimum Gasteiger partial charge on any atom is -0.302 e. The predicted octanol–water partition coefficient (Wildman–Crippen LogP) is 3.71. The molecule has 0 N–H and O–H groups in total. The zero-order valence-electron chi connectivity index (χ0n) is 10.9. The van der Waals surface area contributed by atoms with E-state index in [-0.39, 0.29) is 0 Å². The van der Waals surface area contributed by atoms with Gasteiger partial charge in [-0.1, -0.05) is 45.3 Å². The van der Waals surface area contributed by atoms with Crippen LogP contribution in [0.5, 0.6) is 0 Å². The SMILES string of the molecule is C/C=C1\CCN(CC(CC)CC)CC1C. The minimum absolute atomic E-state index is 0.776. The third-order valence-electron chi connectivity index (χ3n) is 3.92. The van der Waals surface area contributed by atoms with Gasteiger partial charge in [0.25, 0.3) is 0 Å². The summed E-state index contributed by atoms with van der Waals surface area (Å²) in [4.78, 5) is 2.66. The van der Waals surface area contributed by atoms with Crippen LogP contribution in [0, 0.1) is 11.8 Å². The van der Waals surface area contributed by atoms with Crippen molar-refractivity contribution in [3.63, 3.8) is 0 Å². The molecular weight excluding hydrogens is 182 g/mol. The molecule has 0 aromatic carbocycles. The number of nitrogens with zero attached hydrogens (tertiary/aromatic N) is 1. The highest BCUT2D eigenvalue weighted by molar-refractivity contribution is 5.08. The van der Waals surface area contributed by atoms with Crippen LogP contribution >= 0.6 is 0 Å². The van der Waals surface area contributed by atoms with Gasteiger partial charge in [0.05, 0.1) is 0 Å². The van der Waals surface area contributed by atoms with Gasteiger partial charge < -0.3 is 4.90 Å². The van der Waals surface area contributed by atoms with Gasteiger partial charge in [0, 0.05) is 19.6 Å². The van der Waals surface area contributed by atoms with E-state index >= 15 is 0 Å². The van der Waals surface area contributed by atoms with E-state index in [0.717, 1.165) is 11.8 Å². The average Bonchev–Trinajstić information content (AvgIpc) is 2.26. The van der Waals surface area contributed by atoms with E-state index in [9.17, 15) is 0 Å². The molecule has 1 heterocycles. The highest BCUT2D eigenvalue weighted by Crippen LogP contribution is 2.23. The molecule has 0 saturated carbocycles. The molecule has 1 rings (SSSR count). The third kappa shape index (κ3) is 3.64. The van der Waals surface area contributed by atoms with E-state index in [1.807, 2.05) is 0 Å². The Hall–Kier alpha value is -0.300. The Morgan fingerprint density at radius 2 is 2.07 bits per heavy atom. The Labute approximate surface area is 95.5 Å². The maximum absolute atomic E-state index is 2.66. The van der Waals surface area contributed by atoms with Crippen LogP contribution < -0.4 is 0 Å². The first-order chi connectivity index (χ1) is 7.21. The van der Waals surface area contributed by atoms with Crippen molar-refractivity contribution in [3.05, 3.63) is 11.6 Å². The van der Waals surface area contributed by atoms with Crippen molar-refractivity contribution < 1.29 is 0 Å². The van der Waals surface area contributed by atoms with E-state index in [1.54, 1.807) is 5.57 Å². The Balaban J connectivity index is 2.40. The number of hydrogen-bond donors (Lipinski definition) is 0. The zero-order chi connectivity index (χ0) is 11.3. The minimum atomic E-state index is 0.776. The van der Waals surface area contributed by atoms with Crippen molar-refractivity contribution in [1.82, 2.24) is 4.90 Å². The Morgan fingerprint density at radius 1 is 1.40 bits per heavy atom. The van der Waals surface area contributed by atoms with Gasteiger partial charge in [-0.2, -0.15) is 0 Å². The summed E-state index contributed by atoms with van der Waals surface area (Å²) in [6.45, 7) is 13.1. The lowest BCUT2D eigenvalue weighted by atomic mass is 9.92. The predicted molar refractivity (Wildman–Crippen MR) is 68.1 cm³/mol. The molecule has 1 saturated heterocycles. The summed E-state index contributed by atoms with van der Waals surface area (Å²) in [7, 11) is 0. The standard InChI is InChI=1S/C14H27N/c1-5-13(6-2)11-15-9-8-14(7-3)12(4)10-15/h7,12-13H,5-6,8-11H2,1-4H3/b14-7+. The molecule has 0 amide bonds. The maximum atomic E-state index is 2.66. The van der Waals surface area contributed by atoms with Crippen molar-refractivity contribution in [3.8, 4) is 0 Å². The number of likely N-dealkylation sites (tertiary alicyclic amines) is 1. The summed E-state index contributed by atoms with van der Waals surface area (Å²) in [5.41, 5.74) is 1.66. The maximum Gasteiger partial charge on any atom is 0.00446 e. The van der Waals surface area contributed by atoms with Crippen LogP contribution in [0.15, 0.2) is 11.6 Å². The molecule has 1 aliphatic heterocycles. The molecule has 0 aromatic rings. The largest absolute Gasteiger partial charge is 0.302 e. The smallest absolute Gasteiger partial charge is 0.00446 e. The van der Waals surface area contributed by atoms with E-state index in [1.165, 1.54) is 38.9 Å². The highest BCUT2D eigenvalue weighted by atomic mass is 15.1. The summed E-state index contributed by atoms with van der Waals surface area (Å²) in [6, 6.07) is 0. The molecule has 1 aliphatic rings. The topological polar surface area (TPSA) is 3.24 Å². The summed E-state index contributed by atoms with van der Waals surface area (Å²) in [5.74, 6) is 1.68. The molecule has 1 unspecified atom stereocenters. The lowest BCUT2D eigenvalue weighted by Crippen LogP contribution is -2.38. The summed E-state index contributed by atoms with van der Waals surface area (Å²) in [5, 5.41) is 0. The van der Waals surface area contributed by atoms with Gasteiger partial charge >= 0.3 is 0 Å².